The number of fused-ring (bicyclic) bond motifs is 1. The average Bonchev–Trinajstić information content (AvgIpc) is 2.47. The Morgan fingerprint density at radius 3 is 3.25 bits per heavy atom. The summed E-state index contributed by atoms with van der Waals surface area (Å²) >= 11 is 1.46. The molecular weight excluding hydrogens is 174 g/mol. The van der Waals surface area contributed by atoms with E-state index in [4.69, 9.17) is 5.11 Å². The molecule has 0 aromatic rings. The van der Waals surface area contributed by atoms with Crippen LogP contribution in [0.5, 0.6) is 0 Å². The zero-order valence-electron chi connectivity index (χ0n) is 6.23. The molecule has 0 saturated heterocycles. The van der Waals surface area contributed by atoms with Crippen LogP contribution in [-0.4, -0.2) is 22.5 Å². The van der Waals surface area contributed by atoms with Crippen molar-refractivity contribution in [2.75, 3.05) is 6.54 Å². The molecule has 0 aliphatic carbocycles. The van der Waals surface area contributed by atoms with Crippen LogP contribution in [0, 0.1) is 0 Å². The van der Waals surface area contributed by atoms with Crippen molar-refractivity contribution >= 4 is 17.7 Å². The van der Waals surface area contributed by atoms with E-state index in [1.807, 2.05) is 18.2 Å². The van der Waals surface area contributed by atoms with Gasteiger partial charge in [0.15, 0.2) is 0 Å². The normalized spacial score (nSPS) is 20.2. The van der Waals surface area contributed by atoms with E-state index in [0.29, 0.717) is 12.2 Å². The van der Waals surface area contributed by atoms with Crippen LogP contribution in [0.4, 0.5) is 0 Å². The molecule has 0 amide bonds. The maximum Gasteiger partial charge on any atom is 0.353 e. The van der Waals surface area contributed by atoms with Gasteiger partial charge in [-0.15, -0.1) is 0 Å². The summed E-state index contributed by atoms with van der Waals surface area (Å²) in [6.45, 7) is 0.664. The quantitative estimate of drug-likeness (QED) is 0.663. The second-order valence-corrected chi connectivity index (χ2v) is 3.36. The van der Waals surface area contributed by atoms with Crippen molar-refractivity contribution in [1.29, 1.82) is 0 Å². The van der Waals surface area contributed by atoms with E-state index in [1.54, 1.807) is 10.3 Å². The number of hydrogen-bond donors (Lipinski definition) is 1. The molecule has 0 bridgehead atoms. The van der Waals surface area contributed by atoms with E-state index in [1.165, 1.54) is 11.8 Å². The lowest BCUT2D eigenvalue weighted by Crippen LogP contribution is -2.23. The Labute approximate surface area is 74.1 Å². The topological polar surface area (TPSA) is 40.5 Å². The van der Waals surface area contributed by atoms with Crippen LogP contribution in [0.2, 0.25) is 0 Å². The summed E-state index contributed by atoms with van der Waals surface area (Å²) < 4.78 is 0. The molecule has 2 aliphatic rings. The van der Waals surface area contributed by atoms with E-state index >= 15 is 0 Å². The van der Waals surface area contributed by atoms with Crippen LogP contribution in [0.1, 0.15) is 0 Å². The lowest BCUT2D eigenvalue weighted by molar-refractivity contribution is -0.134. The number of rotatable bonds is 1. The largest absolute Gasteiger partial charge is 0.477 e. The number of nitrogens with zero attached hydrogens (tertiary/aromatic N) is 1. The first-order chi connectivity index (χ1) is 5.79. The van der Waals surface area contributed by atoms with Crippen LogP contribution >= 0.6 is 11.8 Å². The zero-order chi connectivity index (χ0) is 8.55. The second-order valence-electron chi connectivity index (χ2n) is 2.47. The predicted molar refractivity (Wildman–Crippen MR) is 47.2 cm³/mol. The van der Waals surface area contributed by atoms with Gasteiger partial charge in [0.05, 0.1) is 5.03 Å². The highest BCUT2D eigenvalue weighted by Crippen LogP contribution is 2.35. The SMILES string of the molecule is O=C(O)C1=CSC2=CC=CCN21. The van der Waals surface area contributed by atoms with Gasteiger partial charge >= 0.3 is 5.97 Å². The number of carboxylic acids is 1. The molecule has 0 radical (unpaired) electrons. The van der Waals surface area contributed by atoms with Crippen molar-refractivity contribution in [3.05, 3.63) is 34.4 Å². The predicted octanol–water partition coefficient (Wildman–Crippen LogP) is 1.37. The Hall–Kier alpha value is -1.16. The minimum atomic E-state index is -0.860. The number of hydrogen-bond acceptors (Lipinski definition) is 3. The Bertz CT molecular complexity index is 317. The van der Waals surface area contributed by atoms with Crippen LogP contribution in [0.25, 0.3) is 0 Å². The van der Waals surface area contributed by atoms with E-state index in [9.17, 15) is 4.79 Å². The first kappa shape index (κ1) is 7.49. The van der Waals surface area contributed by atoms with Crippen LogP contribution in [0.3, 0.4) is 0 Å². The molecule has 0 fully saturated rings. The van der Waals surface area contributed by atoms with Crippen molar-refractivity contribution in [2.45, 2.75) is 0 Å². The summed E-state index contributed by atoms with van der Waals surface area (Å²) in [6, 6.07) is 0. The highest BCUT2D eigenvalue weighted by atomic mass is 32.2. The van der Waals surface area contributed by atoms with Gasteiger partial charge in [0.25, 0.3) is 0 Å². The molecule has 0 unspecified atom stereocenters. The number of carbonyl (C=O) groups is 1. The van der Waals surface area contributed by atoms with Gasteiger partial charge in [-0.1, -0.05) is 23.9 Å². The van der Waals surface area contributed by atoms with Crippen molar-refractivity contribution in [3.63, 3.8) is 0 Å². The van der Waals surface area contributed by atoms with E-state index < -0.39 is 5.97 Å². The molecular formula is C8H7NO2S. The van der Waals surface area contributed by atoms with Gasteiger partial charge in [0, 0.05) is 12.0 Å². The minimum absolute atomic E-state index is 0.371. The molecule has 2 aliphatic heterocycles. The third-order valence-electron chi connectivity index (χ3n) is 1.73. The number of thioether (sulfide) groups is 1. The van der Waals surface area contributed by atoms with Gasteiger partial charge in [-0.05, 0) is 6.08 Å². The molecule has 1 N–H and O–H groups in total. The molecule has 0 atom stereocenters. The van der Waals surface area contributed by atoms with E-state index in [-0.39, 0.29) is 0 Å². The van der Waals surface area contributed by atoms with Crippen molar-refractivity contribution in [3.8, 4) is 0 Å². The lowest BCUT2D eigenvalue weighted by Gasteiger charge is -2.20. The molecule has 0 aromatic heterocycles. The van der Waals surface area contributed by atoms with E-state index in [0.717, 1.165) is 5.03 Å². The summed E-state index contributed by atoms with van der Waals surface area (Å²) in [7, 11) is 0. The molecule has 2 heterocycles. The summed E-state index contributed by atoms with van der Waals surface area (Å²) in [5, 5.41) is 11.4. The van der Waals surface area contributed by atoms with Crippen LogP contribution in [-0.2, 0) is 4.79 Å². The Kier molecular flexibility index (Phi) is 1.69. The van der Waals surface area contributed by atoms with Gasteiger partial charge < -0.3 is 10.0 Å². The fourth-order valence-corrected chi connectivity index (χ4v) is 2.08. The lowest BCUT2D eigenvalue weighted by atomic mass is 10.3. The maximum atomic E-state index is 10.7. The van der Waals surface area contributed by atoms with Gasteiger partial charge in [-0.3, -0.25) is 0 Å². The van der Waals surface area contributed by atoms with Crippen LogP contribution < -0.4 is 0 Å². The maximum absolute atomic E-state index is 10.7. The summed E-state index contributed by atoms with van der Waals surface area (Å²) in [6.07, 6.45) is 5.80. The minimum Gasteiger partial charge on any atom is -0.477 e. The molecule has 12 heavy (non-hydrogen) atoms. The fraction of sp³-hybridized carbons (Fsp3) is 0.125. The summed E-state index contributed by atoms with van der Waals surface area (Å²) in [5.41, 5.74) is 0.371. The monoisotopic (exact) mass is 181 g/mol. The highest BCUT2D eigenvalue weighted by molar-refractivity contribution is 8.06. The standard InChI is InChI=1S/C8H7NO2S/c10-8(11)6-5-12-7-3-1-2-4-9(6)7/h1-3,5H,4H2,(H,10,11). The molecule has 0 saturated carbocycles. The van der Waals surface area contributed by atoms with Crippen molar-refractivity contribution in [1.82, 2.24) is 4.90 Å². The molecule has 0 aromatic carbocycles. The zero-order valence-corrected chi connectivity index (χ0v) is 7.04. The van der Waals surface area contributed by atoms with E-state index in [2.05, 4.69) is 0 Å². The number of aliphatic carboxylic acids is 1. The fourth-order valence-electron chi connectivity index (χ4n) is 1.16. The van der Waals surface area contributed by atoms with Gasteiger partial charge in [-0.25, -0.2) is 4.79 Å². The van der Waals surface area contributed by atoms with Gasteiger partial charge in [-0.2, -0.15) is 0 Å². The Balaban J connectivity index is 2.28. The van der Waals surface area contributed by atoms with Crippen molar-refractivity contribution < 1.29 is 9.90 Å². The Morgan fingerprint density at radius 1 is 1.67 bits per heavy atom. The second kappa shape index (κ2) is 2.71. The first-order valence-electron chi connectivity index (χ1n) is 3.53. The smallest absolute Gasteiger partial charge is 0.353 e. The summed E-state index contributed by atoms with van der Waals surface area (Å²) in [4.78, 5) is 12.5. The molecule has 62 valence electrons. The third kappa shape index (κ3) is 1.04. The van der Waals surface area contributed by atoms with Crippen LogP contribution in [0.15, 0.2) is 34.4 Å². The summed E-state index contributed by atoms with van der Waals surface area (Å²) in [5.74, 6) is -0.860. The molecule has 4 heteroatoms. The van der Waals surface area contributed by atoms with Crippen molar-refractivity contribution in [2.24, 2.45) is 0 Å². The number of allylic oxidation sites excluding steroid dienone is 2. The van der Waals surface area contributed by atoms with Gasteiger partial charge in [0.1, 0.15) is 5.70 Å². The third-order valence-corrected chi connectivity index (χ3v) is 2.67. The first-order valence-corrected chi connectivity index (χ1v) is 4.41. The Morgan fingerprint density at radius 2 is 2.50 bits per heavy atom. The molecule has 0 spiro atoms. The average molecular weight is 181 g/mol. The molecule has 3 nitrogen and oxygen atoms in total. The molecule has 2 rings (SSSR count). The number of carboxylic acid groups (broad SMARTS) is 1. The highest BCUT2D eigenvalue weighted by Gasteiger charge is 2.25. The van der Waals surface area contributed by atoms with Gasteiger partial charge in [0.2, 0.25) is 0 Å².